The maximum Gasteiger partial charge on any atom is 0.257 e. The number of nitrogens with zero attached hydrogens (tertiary/aromatic N) is 4. The Morgan fingerprint density at radius 2 is 2.14 bits per heavy atom. The van der Waals surface area contributed by atoms with E-state index in [1.807, 2.05) is 31.2 Å². The molecule has 0 spiro atoms. The van der Waals surface area contributed by atoms with E-state index < -0.39 is 0 Å². The molecule has 114 valence electrons. The second kappa shape index (κ2) is 5.59. The first-order chi connectivity index (χ1) is 10.6. The van der Waals surface area contributed by atoms with Crippen molar-refractivity contribution in [3.8, 4) is 0 Å². The molecule has 0 unspecified atom stereocenters. The van der Waals surface area contributed by atoms with Crippen molar-refractivity contribution in [1.82, 2.24) is 25.5 Å². The molecule has 1 N–H and O–H groups in total. The van der Waals surface area contributed by atoms with E-state index in [1.165, 1.54) is 0 Å². The summed E-state index contributed by atoms with van der Waals surface area (Å²) >= 11 is 0. The number of rotatable bonds is 4. The van der Waals surface area contributed by atoms with E-state index in [2.05, 4.69) is 20.8 Å². The Morgan fingerprint density at radius 3 is 2.86 bits per heavy atom. The maximum atomic E-state index is 12.3. The van der Waals surface area contributed by atoms with Crippen molar-refractivity contribution in [2.45, 2.75) is 33.4 Å². The van der Waals surface area contributed by atoms with Crippen LogP contribution in [0, 0.1) is 13.8 Å². The highest BCUT2D eigenvalue weighted by Gasteiger charge is 2.19. The topological polar surface area (TPSA) is 85.8 Å². The van der Waals surface area contributed by atoms with Crippen molar-refractivity contribution in [3.63, 3.8) is 0 Å². The standard InChI is InChI=1S/C15H17N5O2/c1-9(16-15(21)14-10(2)18-22-11(14)3)8-20-13-7-5-4-6-12(13)17-19-20/h4-7,9H,8H2,1-3H3,(H,16,21)/t9-/m1/s1. The number of benzene rings is 1. The molecule has 2 heterocycles. The number of hydrogen-bond acceptors (Lipinski definition) is 5. The number of hydrogen-bond donors (Lipinski definition) is 1. The van der Waals surface area contributed by atoms with Gasteiger partial charge in [-0.1, -0.05) is 22.5 Å². The quantitative estimate of drug-likeness (QED) is 0.794. The molecule has 3 rings (SSSR count). The first-order valence-electron chi connectivity index (χ1n) is 7.08. The minimum absolute atomic E-state index is 0.105. The molecule has 0 aliphatic carbocycles. The second-order valence-electron chi connectivity index (χ2n) is 5.33. The Labute approximate surface area is 127 Å². The summed E-state index contributed by atoms with van der Waals surface area (Å²) in [5.41, 5.74) is 2.87. The third-order valence-electron chi connectivity index (χ3n) is 3.50. The summed E-state index contributed by atoms with van der Waals surface area (Å²) in [4.78, 5) is 12.3. The van der Waals surface area contributed by atoms with Crippen molar-refractivity contribution in [2.24, 2.45) is 0 Å². The van der Waals surface area contributed by atoms with Crippen LogP contribution in [0.4, 0.5) is 0 Å². The molecule has 1 amide bonds. The zero-order valence-electron chi connectivity index (χ0n) is 12.7. The summed E-state index contributed by atoms with van der Waals surface area (Å²) in [6, 6.07) is 7.62. The zero-order valence-corrected chi connectivity index (χ0v) is 12.7. The SMILES string of the molecule is Cc1noc(C)c1C(=O)N[C@H](C)Cn1nnc2ccccc21. The molecule has 3 aromatic rings. The molecule has 2 aromatic heterocycles. The molecule has 1 aromatic carbocycles. The van der Waals surface area contributed by atoms with Crippen molar-refractivity contribution in [3.05, 3.63) is 41.3 Å². The van der Waals surface area contributed by atoms with Crippen LogP contribution < -0.4 is 5.32 Å². The Hall–Kier alpha value is -2.70. The van der Waals surface area contributed by atoms with Gasteiger partial charge in [0.05, 0.1) is 17.8 Å². The van der Waals surface area contributed by atoms with Gasteiger partial charge < -0.3 is 9.84 Å². The number of para-hydroxylation sites is 1. The monoisotopic (exact) mass is 299 g/mol. The van der Waals surface area contributed by atoms with Crippen LogP contribution in [0.2, 0.25) is 0 Å². The highest BCUT2D eigenvalue weighted by molar-refractivity contribution is 5.96. The molecule has 1 atom stereocenters. The van der Waals surface area contributed by atoms with Gasteiger partial charge >= 0.3 is 0 Å². The number of carbonyl (C=O) groups excluding carboxylic acids is 1. The summed E-state index contributed by atoms with van der Waals surface area (Å²) in [6.45, 7) is 5.94. The van der Waals surface area contributed by atoms with Crippen LogP contribution in [-0.4, -0.2) is 32.1 Å². The van der Waals surface area contributed by atoms with Gasteiger partial charge in [-0.05, 0) is 32.9 Å². The van der Waals surface area contributed by atoms with E-state index in [0.717, 1.165) is 11.0 Å². The molecule has 7 heteroatoms. The normalized spacial score (nSPS) is 12.5. The van der Waals surface area contributed by atoms with Gasteiger partial charge in [0, 0.05) is 6.04 Å². The lowest BCUT2D eigenvalue weighted by Crippen LogP contribution is -2.36. The van der Waals surface area contributed by atoms with Gasteiger partial charge in [0.15, 0.2) is 0 Å². The number of aryl methyl sites for hydroxylation is 2. The van der Waals surface area contributed by atoms with Crippen LogP contribution in [0.5, 0.6) is 0 Å². The Bertz CT molecular complexity index is 801. The van der Waals surface area contributed by atoms with Crippen molar-refractivity contribution >= 4 is 16.9 Å². The molecule has 0 saturated carbocycles. The molecule has 0 saturated heterocycles. The minimum atomic E-state index is -0.187. The molecular formula is C15H17N5O2. The summed E-state index contributed by atoms with van der Waals surface area (Å²) in [7, 11) is 0. The Balaban J connectivity index is 1.73. The molecule has 0 bridgehead atoms. The van der Waals surface area contributed by atoms with E-state index in [4.69, 9.17) is 4.52 Å². The lowest BCUT2D eigenvalue weighted by Gasteiger charge is -2.14. The van der Waals surface area contributed by atoms with Crippen LogP contribution in [-0.2, 0) is 6.54 Å². The van der Waals surface area contributed by atoms with E-state index >= 15 is 0 Å². The fourth-order valence-corrected chi connectivity index (χ4v) is 2.46. The van der Waals surface area contributed by atoms with Crippen LogP contribution in [0.3, 0.4) is 0 Å². The lowest BCUT2D eigenvalue weighted by molar-refractivity contribution is 0.0934. The predicted octanol–water partition coefficient (Wildman–Crippen LogP) is 1.85. The van der Waals surface area contributed by atoms with Crippen LogP contribution in [0.1, 0.15) is 28.7 Å². The molecule has 0 radical (unpaired) electrons. The molecular weight excluding hydrogens is 282 g/mol. The Kier molecular flexibility index (Phi) is 3.62. The van der Waals surface area contributed by atoms with Crippen LogP contribution >= 0.6 is 0 Å². The average molecular weight is 299 g/mol. The Morgan fingerprint density at radius 1 is 1.36 bits per heavy atom. The second-order valence-corrected chi connectivity index (χ2v) is 5.33. The smallest absolute Gasteiger partial charge is 0.257 e. The number of aromatic nitrogens is 4. The number of carbonyl (C=O) groups is 1. The fraction of sp³-hybridized carbons (Fsp3) is 0.333. The highest BCUT2D eigenvalue weighted by Crippen LogP contribution is 2.13. The molecule has 7 nitrogen and oxygen atoms in total. The van der Waals surface area contributed by atoms with Gasteiger partial charge in [-0.15, -0.1) is 5.10 Å². The van der Waals surface area contributed by atoms with Crippen molar-refractivity contribution in [1.29, 1.82) is 0 Å². The maximum absolute atomic E-state index is 12.3. The summed E-state index contributed by atoms with van der Waals surface area (Å²) < 4.78 is 6.81. The first kappa shape index (κ1) is 14.2. The summed E-state index contributed by atoms with van der Waals surface area (Å²) in [5, 5.41) is 15.0. The van der Waals surface area contributed by atoms with Crippen molar-refractivity contribution in [2.75, 3.05) is 0 Å². The third kappa shape index (κ3) is 2.57. The first-order valence-corrected chi connectivity index (χ1v) is 7.08. The fourth-order valence-electron chi connectivity index (χ4n) is 2.46. The third-order valence-corrected chi connectivity index (χ3v) is 3.50. The van der Waals surface area contributed by atoms with Gasteiger partial charge in [-0.3, -0.25) is 4.79 Å². The average Bonchev–Trinajstić information content (AvgIpc) is 3.03. The summed E-state index contributed by atoms with van der Waals surface area (Å²) in [6.07, 6.45) is 0. The van der Waals surface area contributed by atoms with Gasteiger partial charge in [-0.25, -0.2) is 4.68 Å². The number of amides is 1. The molecule has 0 aliphatic rings. The van der Waals surface area contributed by atoms with E-state index in [9.17, 15) is 4.79 Å². The van der Waals surface area contributed by atoms with Gasteiger partial charge in [0.1, 0.15) is 16.8 Å². The van der Waals surface area contributed by atoms with E-state index in [1.54, 1.807) is 18.5 Å². The van der Waals surface area contributed by atoms with E-state index in [0.29, 0.717) is 23.6 Å². The largest absolute Gasteiger partial charge is 0.361 e. The number of fused-ring (bicyclic) bond motifs is 1. The van der Waals surface area contributed by atoms with Crippen LogP contribution in [0.25, 0.3) is 11.0 Å². The highest BCUT2D eigenvalue weighted by atomic mass is 16.5. The van der Waals surface area contributed by atoms with Gasteiger partial charge in [0.25, 0.3) is 5.91 Å². The minimum Gasteiger partial charge on any atom is -0.361 e. The molecule has 0 fully saturated rings. The number of nitrogens with one attached hydrogen (secondary N) is 1. The predicted molar refractivity (Wildman–Crippen MR) is 80.4 cm³/mol. The van der Waals surface area contributed by atoms with Crippen LogP contribution in [0.15, 0.2) is 28.8 Å². The molecule has 0 aliphatic heterocycles. The summed E-state index contributed by atoms with van der Waals surface area (Å²) in [5.74, 6) is 0.335. The zero-order chi connectivity index (χ0) is 15.7. The lowest BCUT2D eigenvalue weighted by atomic mass is 10.2. The van der Waals surface area contributed by atoms with Gasteiger partial charge in [-0.2, -0.15) is 0 Å². The van der Waals surface area contributed by atoms with Crippen molar-refractivity contribution < 1.29 is 9.32 Å². The van der Waals surface area contributed by atoms with Gasteiger partial charge in [0.2, 0.25) is 0 Å². The van der Waals surface area contributed by atoms with E-state index in [-0.39, 0.29) is 11.9 Å². The molecule has 22 heavy (non-hydrogen) atoms.